The predicted molar refractivity (Wildman–Crippen MR) is 67.7 cm³/mol. The van der Waals surface area contributed by atoms with E-state index in [1.165, 1.54) is 16.7 Å². The summed E-state index contributed by atoms with van der Waals surface area (Å²) in [5.41, 5.74) is 3.98. The number of aryl methyl sites for hydroxylation is 1. The molecule has 0 bridgehead atoms. The van der Waals surface area contributed by atoms with Crippen LogP contribution in [-0.4, -0.2) is 6.61 Å². The Hall–Kier alpha value is -1.50. The molecule has 0 spiro atoms. The number of rotatable bonds is 3. The Balaban J connectivity index is 2.03. The molecular formula is C15H18O. The van der Waals surface area contributed by atoms with Crippen molar-refractivity contribution in [3.8, 4) is 5.75 Å². The molecule has 2 rings (SSSR count). The summed E-state index contributed by atoms with van der Waals surface area (Å²) in [6.45, 7) is 4.96. The molecule has 1 nitrogen and oxygen atoms in total. The van der Waals surface area contributed by atoms with E-state index < -0.39 is 0 Å². The first kappa shape index (κ1) is 11.0. The van der Waals surface area contributed by atoms with E-state index in [-0.39, 0.29) is 0 Å². The van der Waals surface area contributed by atoms with E-state index in [1.54, 1.807) is 0 Å². The van der Waals surface area contributed by atoms with Crippen LogP contribution in [-0.2, 0) is 0 Å². The maximum atomic E-state index is 5.85. The molecule has 0 amide bonds. The minimum atomic E-state index is 0.723. The van der Waals surface area contributed by atoms with Gasteiger partial charge in [-0.2, -0.15) is 0 Å². The largest absolute Gasteiger partial charge is 0.489 e. The van der Waals surface area contributed by atoms with Gasteiger partial charge in [0.25, 0.3) is 0 Å². The molecule has 84 valence electrons. The van der Waals surface area contributed by atoms with E-state index >= 15 is 0 Å². The third-order valence-corrected chi connectivity index (χ3v) is 3.03. The van der Waals surface area contributed by atoms with Gasteiger partial charge >= 0.3 is 0 Å². The summed E-state index contributed by atoms with van der Waals surface area (Å²) >= 11 is 0. The van der Waals surface area contributed by atoms with E-state index in [2.05, 4.69) is 32.1 Å². The molecule has 1 aliphatic rings. The average Bonchev–Trinajstić information content (AvgIpc) is 2.30. The van der Waals surface area contributed by atoms with Gasteiger partial charge in [0, 0.05) is 0 Å². The summed E-state index contributed by atoms with van der Waals surface area (Å²) in [5, 5.41) is 0. The molecular weight excluding hydrogens is 196 g/mol. The molecule has 0 heterocycles. The highest BCUT2D eigenvalue weighted by atomic mass is 16.5. The van der Waals surface area contributed by atoms with Gasteiger partial charge in [-0.1, -0.05) is 30.4 Å². The minimum absolute atomic E-state index is 0.723. The summed E-state index contributed by atoms with van der Waals surface area (Å²) < 4.78 is 5.85. The first-order valence-electron chi connectivity index (χ1n) is 5.81. The van der Waals surface area contributed by atoms with E-state index in [1.807, 2.05) is 18.2 Å². The molecule has 0 N–H and O–H groups in total. The Labute approximate surface area is 97.4 Å². The van der Waals surface area contributed by atoms with E-state index in [4.69, 9.17) is 4.74 Å². The maximum Gasteiger partial charge on any atom is 0.122 e. The SMILES string of the molecule is CC1=C(COc2ccccc2C)CCC=C1. The standard InChI is InChI=1S/C15H18O/c1-12-7-3-5-9-14(12)11-16-15-10-6-4-8-13(15)2/h3-4,6-8,10H,5,9,11H2,1-2H3. The van der Waals surface area contributed by atoms with Gasteiger partial charge in [-0.15, -0.1) is 0 Å². The Bertz CT molecular complexity index is 427. The van der Waals surface area contributed by atoms with Gasteiger partial charge in [0.1, 0.15) is 12.4 Å². The number of para-hydroxylation sites is 1. The van der Waals surface area contributed by atoms with Crippen LogP contribution < -0.4 is 4.74 Å². The van der Waals surface area contributed by atoms with Crippen molar-refractivity contribution in [1.82, 2.24) is 0 Å². The lowest BCUT2D eigenvalue weighted by molar-refractivity contribution is 0.343. The van der Waals surface area contributed by atoms with Crippen LogP contribution in [0.3, 0.4) is 0 Å². The molecule has 0 atom stereocenters. The van der Waals surface area contributed by atoms with E-state index in [0.717, 1.165) is 25.2 Å². The van der Waals surface area contributed by atoms with Crippen LogP contribution >= 0.6 is 0 Å². The topological polar surface area (TPSA) is 9.23 Å². The fourth-order valence-corrected chi connectivity index (χ4v) is 1.90. The summed E-state index contributed by atoms with van der Waals surface area (Å²) in [5.74, 6) is 0.998. The third-order valence-electron chi connectivity index (χ3n) is 3.03. The molecule has 0 aliphatic heterocycles. The monoisotopic (exact) mass is 214 g/mol. The molecule has 0 radical (unpaired) electrons. The zero-order chi connectivity index (χ0) is 11.4. The second-order valence-corrected chi connectivity index (χ2v) is 4.28. The number of benzene rings is 1. The quantitative estimate of drug-likeness (QED) is 0.737. The van der Waals surface area contributed by atoms with Gasteiger partial charge < -0.3 is 4.74 Å². The van der Waals surface area contributed by atoms with Crippen LogP contribution in [0.25, 0.3) is 0 Å². The van der Waals surface area contributed by atoms with Crippen molar-refractivity contribution >= 4 is 0 Å². The smallest absolute Gasteiger partial charge is 0.122 e. The van der Waals surface area contributed by atoms with Crippen molar-refractivity contribution in [3.05, 3.63) is 53.1 Å². The lowest BCUT2D eigenvalue weighted by Gasteiger charge is -2.15. The predicted octanol–water partition coefficient (Wildman–Crippen LogP) is 4.04. The van der Waals surface area contributed by atoms with Crippen LogP contribution in [0.2, 0.25) is 0 Å². The van der Waals surface area contributed by atoms with Crippen molar-refractivity contribution in [2.75, 3.05) is 6.61 Å². The van der Waals surface area contributed by atoms with Crippen molar-refractivity contribution in [1.29, 1.82) is 0 Å². The van der Waals surface area contributed by atoms with Crippen LogP contribution in [0.4, 0.5) is 0 Å². The number of allylic oxidation sites excluding steroid dienone is 3. The number of hydrogen-bond acceptors (Lipinski definition) is 1. The van der Waals surface area contributed by atoms with Crippen molar-refractivity contribution in [3.63, 3.8) is 0 Å². The molecule has 1 aromatic rings. The van der Waals surface area contributed by atoms with Gasteiger partial charge in [0.05, 0.1) is 0 Å². The lowest BCUT2D eigenvalue weighted by Crippen LogP contribution is -2.05. The van der Waals surface area contributed by atoms with Gasteiger partial charge in [-0.25, -0.2) is 0 Å². The van der Waals surface area contributed by atoms with Gasteiger partial charge in [0.2, 0.25) is 0 Å². The van der Waals surface area contributed by atoms with Crippen LogP contribution in [0, 0.1) is 6.92 Å². The van der Waals surface area contributed by atoms with Gasteiger partial charge in [0.15, 0.2) is 0 Å². The molecule has 16 heavy (non-hydrogen) atoms. The number of hydrogen-bond donors (Lipinski definition) is 0. The summed E-state index contributed by atoms with van der Waals surface area (Å²) in [4.78, 5) is 0. The molecule has 0 unspecified atom stereocenters. The molecule has 0 aromatic heterocycles. The second-order valence-electron chi connectivity index (χ2n) is 4.28. The summed E-state index contributed by atoms with van der Waals surface area (Å²) in [6.07, 6.45) is 6.70. The summed E-state index contributed by atoms with van der Waals surface area (Å²) in [7, 11) is 0. The maximum absolute atomic E-state index is 5.85. The van der Waals surface area contributed by atoms with Crippen LogP contribution in [0.5, 0.6) is 5.75 Å². The van der Waals surface area contributed by atoms with E-state index in [0.29, 0.717) is 0 Å². The second kappa shape index (κ2) is 5.02. The Morgan fingerprint density at radius 1 is 1.19 bits per heavy atom. The Morgan fingerprint density at radius 3 is 2.75 bits per heavy atom. The molecule has 0 saturated heterocycles. The molecule has 0 saturated carbocycles. The highest BCUT2D eigenvalue weighted by Crippen LogP contribution is 2.22. The fourth-order valence-electron chi connectivity index (χ4n) is 1.90. The fraction of sp³-hybridized carbons (Fsp3) is 0.333. The van der Waals surface area contributed by atoms with E-state index in [9.17, 15) is 0 Å². The normalized spacial score (nSPS) is 15.4. The molecule has 1 aliphatic carbocycles. The van der Waals surface area contributed by atoms with Crippen molar-refractivity contribution in [2.24, 2.45) is 0 Å². The average molecular weight is 214 g/mol. The number of ether oxygens (including phenoxy) is 1. The zero-order valence-corrected chi connectivity index (χ0v) is 9.99. The first-order chi connectivity index (χ1) is 7.77. The van der Waals surface area contributed by atoms with Gasteiger partial charge in [-0.05, 0) is 49.5 Å². The van der Waals surface area contributed by atoms with Crippen LogP contribution in [0.15, 0.2) is 47.6 Å². The van der Waals surface area contributed by atoms with Crippen molar-refractivity contribution < 1.29 is 4.74 Å². The van der Waals surface area contributed by atoms with Crippen molar-refractivity contribution in [2.45, 2.75) is 26.7 Å². The zero-order valence-electron chi connectivity index (χ0n) is 9.99. The third kappa shape index (κ3) is 2.54. The van der Waals surface area contributed by atoms with Gasteiger partial charge in [-0.3, -0.25) is 0 Å². The molecule has 1 heteroatoms. The Morgan fingerprint density at radius 2 is 2.00 bits per heavy atom. The minimum Gasteiger partial charge on any atom is -0.489 e. The highest BCUT2D eigenvalue weighted by Gasteiger charge is 2.06. The molecule has 0 fully saturated rings. The summed E-state index contributed by atoms with van der Waals surface area (Å²) in [6, 6.07) is 8.17. The van der Waals surface area contributed by atoms with Crippen LogP contribution in [0.1, 0.15) is 25.3 Å². The first-order valence-corrected chi connectivity index (χ1v) is 5.81. The Kier molecular flexibility index (Phi) is 3.45. The lowest BCUT2D eigenvalue weighted by atomic mass is 9.99. The molecule has 1 aromatic carbocycles. The highest BCUT2D eigenvalue weighted by molar-refractivity contribution is 5.33.